The van der Waals surface area contributed by atoms with Crippen molar-refractivity contribution in [2.45, 2.75) is 49.1 Å². The monoisotopic (exact) mass is 646 g/mol. The van der Waals surface area contributed by atoms with Crippen molar-refractivity contribution < 1.29 is 48.4 Å². The van der Waals surface area contributed by atoms with Gasteiger partial charge in [0.15, 0.2) is 34.8 Å². The van der Waals surface area contributed by atoms with E-state index in [0.29, 0.717) is 0 Å². The molecule has 1 unspecified atom stereocenters. The van der Waals surface area contributed by atoms with Gasteiger partial charge in [-0.1, -0.05) is 0 Å². The third-order valence-electron chi connectivity index (χ3n) is 6.93. The van der Waals surface area contributed by atoms with E-state index in [1.54, 1.807) is 0 Å². The quantitative estimate of drug-likeness (QED) is 0.0819. The molecule has 0 saturated carbocycles. The van der Waals surface area contributed by atoms with Crippen LogP contribution in [0.15, 0.2) is 22.2 Å². The first-order chi connectivity index (χ1) is 20.4. The highest BCUT2D eigenvalue weighted by atomic mass is 31.2. The molecule has 240 valence electrons. The summed E-state index contributed by atoms with van der Waals surface area (Å²) < 4.78 is 36.5. The number of imidazole rings is 2. The topological polar surface area (TPSA) is 371 Å². The number of aliphatic hydroxyl groups excluding tert-OH is 4. The van der Waals surface area contributed by atoms with E-state index in [1.165, 1.54) is 0 Å². The Hall–Kier alpha value is -3.87. The maximum Gasteiger partial charge on any atom is 0.472 e. The van der Waals surface area contributed by atoms with Gasteiger partial charge < -0.3 is 52.4 Å². The number of quaternary nitrogens is 1. The Bertz CT molecular complexity index is 1840. The number of phosphoric ester groups is 1. The largest absolute Gasteiger partial charge is 0.472 e. The van der Waals surface area contributed by atoms with Crippen LogP contribution in [0.2, 0.25) is 0 Å². The lowest BCUT2D eigenvalue weighted by Crippen LogP contribution is -2.36. The van der Waals surface area contributed by atoms with E-state index in [2.05, 4.69) is 29.9 Å². The number of aliphatic hydroxyl groups is 4. The van der Waals surface area contributed by atoms with E-state index >= 15 is 0 Å². The summed E-state index contributed by atoms with van der Waals surface area (Å²) in [6.45, 7) is -1.56. The Labute approximate surface area is 243 Å². The zero-order valence-corrected chi connectivity index (χ0v) is 23.5. The molecule has 6 rings (SSSR count). The molecule has 0 amide bonds. The number of hydrogen-bond acceptors (Lipinski definition) is 17. The maximum absolute atomic E-state index is 12.9. The second-order valence-electron chi connectivity index (χ2n) is 9.67. The molecule has 0 radical (unpaired) electrons. The molecule has 2 aliphatic heterocycles. The van der Waals surface area contributed by atoms with Crippen LogP contribution in [0.5, 0.6) is 0 Å². The number of anilines is 2. The van der Waals surface area contributed by atoms with Gasteiger partial charge >= 0.3 is 7.82 Å². The Morgan fingerprint density at radius 3 is 1.91 bits per heavy atom. The lowest BCUT2D eigenvalue weighted by Gasteiger charge is -2.23. The fourth-order valence-corrected chi connectivity index (χ4v) is 5.90. The minimum absolute atomic E-state index is 0. The molecule has 2 fully saturated rings. The van der Waals surface area contributed by atoms with E-state index in [0.717, 1.165) is 21.8 Å². The third kappa shape index (κ3) is 5.35. The molecule has 15 N–H and O–H groups in total. The normalized spacial score (nSPS) is 30.1. The molecule has 2 saturated heterocycles. The first-order valence-corrected chi connectivity index (χ1v) is 13.9. The zero-order chi connectivity index (χ0) is 30.8. The molecule has 6 heterocycles. The predicted molar refractivity (Wildman–Crippen MR) is 145 cm³/mol. The fraction of sp³-hybridized carbons (Fsp3) is 0.500. The summed E-state index contributed by atoms with van der Waals surface area (Å²) in [6, 6.07) is 0. The number of nitrogens with two attached hydrogens (primary N) is 2. The molecule has 0 bridgehead atoms. The van der Waals surface area contributed by atoms with Crippen LogP contribution in [0.25, 0.3) is 22.3 Å². The number of nitrogens with zero attached hydrogens (tertiary/aromatic N) is 6. The summed E-state index contributed by atoms with van der Waals surface area (Å²) in [4.78, 5) is 54.9. The SMILES string of the molecule is Nc1nc2c(ncn2[C@@H]2O[C@H](COP(=O)(O)O[C@H]3[C@@H](O)[C@H](n4cnc5c(=O)[nH]c(N)nc54)O[C@@H]3CO)[C@@H](O)[C@H]2O)c(=O)[nH]1.[NH4+]. The van der Waals surface area contributed by atoms with Crippen molar-refractivity contribution in [2.75, 3.05) is 24.7 Å². The molecule has 4 aromatic rings. The lowest BCUT2D eigenvalue weighted by molar-refractivity contribution is -0.0585. The molecule has 24 heteroatoms. The van der Waals surface area contributed by atoms with E-state index in [-0.39, 0.29) is 40.4 Å². The highest BCUT2D eigenvalue weighted by Crippen LogP contribution is 2.49. The Balaban J connectivity index is 0.00000384. The first-order valence-electron chi connectivity index (χ1n) is 12.4. The summed E-state index contributed by atoms with van der Waals surface area (Å²) >= 11 is 0. The van der Waals surface area contributed by atoms with Gasteiger partial charge in [0.1, 0.15) is 36.6 Å². The number of fused-ring (bicyclic) bond motifs is 2. The van der Waals surface area contributed by atoms with Crippen molar-refractivity contribution in [2.24, 2.45) is 0 Å². The van der Waals surface area contributed by atoms with Gasteiger partial charge in [0, 0.05) is 0 Å². The van der Waals surface area contributed by atoms with Crippen molar-refractivity contribution in [1.82, 2.24) is 45.2 Å². The fourth-order valence-electron chi connectivity index (χ4n) is 4.93. The van der Waals surface area contributed by atoms with Gasteiger partial charge in [-0.2, -0.15) is 9.97 Å². The average molecular weight is 646 g/mol. The van der Waals surface area contributed by atoms with Crippen LogP contribution in [-0.4, -0.2) is 114 Å². The molecule has 23 nitrogen and oxygen atoms in total. The summed E-state index contributed by atoms with van der Waals surface area (Å²) in [5, 5.41) is 41.8. The lowest BCUT2D eigenvalue weighted by atomic mass is 10.1. The molecule has 44 heavy (non-hydrogen) atoms. The highest BCUT2D eigenvalue weighted by molar-refractivity contribution is 7.47. The second kappa shape index (κ2) is 11.6. The average Bonchev–Trinajstić information content (AvgIpc) is 3.69. The smallest absolute Gasteiger partial charge is 0.394 e. The van der Waals surface area contributed by atoms with Gasteiger partial charge in [-0.25, -0.2) is 14.5 Å². The van der Waals surface area contributed by atoms with Crippen molar-refractivity contribution in [1.29, 1.82) is 0 Å². The standard InChI is InChI=1S/C20H25N10O12P.H3N/c21-19-25-13-7(15(35)27-19)23-3-29(13)17-10(33)9(32)6(41-17)2-39-43(37,38)42-12-5(1-31)40-18(11(12)34)30-4-24-8-14(30)26-20(22)28-16(8)36;/h3-6,9-12,17-18,31-34H,1-2H2,(H,37,38)(H3,21,25,27,35)(H3,22,26,28,36);1H3/p+1/t5-,6-,9-,10-,11-,12-,17-,18-;/m1./s1. The summed E-state index contributed by atoms with van der Waals surface area (Å²) in [7, 11) is -5.06. The number of nitrogen functional groups attached to an aromatic ring is 2. The third-order valence-corrected chi connectivity index (χ3v) is 7.92. The number of phosphoric acid groups is 1. The number of nitrogens with one attached hydrogen (secondary N) is 2. The van der Waals surface area contributed by atoms with Crippen LogP contribution < -0.4 is 28.7 Å². The zero-order valence-electron chi connectivity index (χ0n) is 22.6. The number of ether oxygens (including phenoxy) is 2. The predicted octanol–water partition coefficient (Wildman–Crippen LogP) is -3.83. The van der Waals surface area contributed by atoms with Crippen LogP contribution in [0, 0.1) is 0 Å². The number of H-pyrrole nitrogens is 2. The van der Waals surface area contributed by atoms with Gasteiger partial charge in [-0.15, -0.1) is 0 Å². The van der Waals surface area contributed by atoms with Crippen LogP contribution >= 0.6 is 7.82 Å². The molecule has 0 aliphatic carbocycles. The number of aromatic nitrogens is 8. The van der Waals surface area contributed by atoms with Crippen LogP contribution in [0.3, 0.4) is 0 Å². The molecule has 0 aromatic carbocycles. The van der Waals surface area contributed by atoms with Gasteiger partial charge in [-0.3, -0.25) is 37.7 Å². The Morgan fingerprint density at radius 2 is 1.39 bits per heavy atom. The number of hydrogen-bond donors (Lipinski definition) is 10. The summed E-state index contributed by atoms with van der Waals surface area (Å²) in [6.07, 6.45) is -9.81. The van der Waals surface area contributed by atoms with Gasteiger partial charge in [-0.05, 0) is 0 Å². The number of aromatic amines is 2. The van der Waals surface area contributed by atoms with Crippen molar-refractivity contribution in [3.8, 4) is 0 Å². The van der Waals surface area contributed by atoms with Crippen molar-refractivity contribution in [3.63, 3.8) is 0 Å². The van der Waals surface area contributed by atoms with E-state index in [1.807, 2.05) is 0 Å². The number of rotatable bonds is 8. The maximum atomic E-state index is 12.9. The van der Waals surface area contributed by atoms with Gasteiger partial charge in [0.25, 0.3) is 11.1 Å². The minimum atomic E-state index is -5.06. The molecule has 2 aliphatic rings. The van der Waals surface area contributed by atoms with Gasteiger partial charge in [0.2, 0.25) is 11.9 Å². The molecule has 9 atom stereocenters. The van der Waals surface area contributed by atoms with E-state index in [9.17, 15) is 39.5 Å². The first kappa shape index (κ1) is 31.6. The molecule has 0 spiro atoms. The van der Waals surface area contributed by atoms with Gasteiger partial charge in [0.05, 0.1) is 25.9 Å². The summed E-state index contributed by atoms with van der Waals surface area (Å²) in [5.74, 6) is -0.479. The minimum Gasteiger partial charge on any atom is -0.394 e. The van der Waals surface area contributed by atoms with Crippen molar-refractivity contribution >= 4 is 42.0 Å². The summed E-state index contributed by atoms with van der Waals surface area (Å²) in [5.41, 5.74) is 9.50. The Morgan fingerprint density at radius 1 is 0.886 bits per heavy atom. The van der Waals surface area contributed by atoms with Crippen LogP contribution in [0.4, 0.5) is 11.9 Å². The molecular weight excluding hydrogens is 617 g/mol. The van der Waals surface area contributed by atoms with Crippen molar-refractivity contribution in [3.05, 3.63) is 33.4 Å². The van der Waals surface area contributed by atoms with Crippen LogP contribution in [0.1, 0.15) is 12.5 Å². The Kier molecular flexibility index (Phi) is 8.29. The highest BCUT2D eigenvalue weighted by Gasteiger charge is 2.50. The molecule has 4 aromatic heterocycles. The van der Waals surface area contributed by atoms with E-state index < -0.39 is 81.2 Å². The van der Waals surface area contributed by atoms with E-state index in [4.69, 9.17) is 30.0 Å². The second-order valence-corrected chi connectivity index (χ2v) is 11.1. The molecular formula is C20H29N11O12P+. The van der Waals surface area contributed by atoms with Crippen LogP contribution in [-0.2, 0) is 23.1 Å².